The summed E-state index contributed by atoms with van der Waals surface area (Å²) in [5.74, 6) is 0.594. The maximum atomic E-state index is 11.4. The fourth-order valence-electron chi connectivity index (χ4n) is 2.92. The van der Waals surface area contributed by atoms with Gasteiger partial charge < -0.3 is 15.4 Å². The van der Waals surface area contributed by atoms with Gasteiger partial charge >= 0.3 is 5.97 Å². The van der Waals surface area contributed by atoms with Gasteiger partial charge in [0, 0.05) is 6.54 Å². The monoisotopic (exact) mass is 270 g/mol. The average molecular weight is 270 g/mol. The molecule has 0 aromatic rings. The van der Waals surface area contributed by atoms with Crippen molar-refractivity contribution in [3.63, 3.8) is 0 Å². The van der Waals surface area contributed by atoms with Gasteiger partial charge in [0.25, 0.3) is 0 Å². The van der Waals surface area contributed by atoms with Crippen LogP contribution in [-0.2, 0) is 9.53 Å². The van der Waals surface area contributed by atoms with Gasteiger partial charge in [-0.1, -0.05) is 13.3 Å². The van der Waals surface area contributed by atoms with E-state index in [2.05, 4.69) is 11.8 Å². The van der Waals surface area contributed by atoms with Crippen LogP contribution in [0.25, 0.3) is 0 Å². The lowest BCUT2D eigenvalue weighted by atomic mass is 9.96. The molecular weight excluding hydrogens is 240 g/mol. The number of nitrogens with zero attached hydrogens (tertiary/aromatic N) is 1. The predicted molar refractivity (Wildman–Crippen MR) is 77.9 cm³/mol. The highest BCUT2D eigenvalue weighted by Crippen LogP contribution is 2.21. The zero-order valence-electron chi connectivity index (χ0n) is 12.8. The highest BCUT2D eigenvalue weighted by Gasteiger charge is 2.28. The van der Waals surface area contributed by atoms with Crippen molar-refractivity contribution in [1.29, 1.82) is 0 Å². The van der Waals surface area contributed by atoms with Crippen molar-refractivity contribution in [3.8, 4) is 0 Å². The highest BCUT2D eigenvalue weighted by molar-refractivity contribution is 5.79. The molecule has 4 nitrogen and oxygen atoms in total. The van der Waals surface area contributed by atoms with Gasteiger partial charge in [-0.3, -0.25) is 4.79 Å². The number of unbranched alkanes of at least 4 members (excludes halogenated alkanes) is 1. The number of esters is 1. The molecule has 0 saturated carbocycles. The lowest BCUT2D eigenvalue weighted by molar-refractivity contribution is -0.146. The topological polar surface area (TPSA) is 55.6 Å². The lowest BCUT2D eigenvalue weighted by Crippen LogP contribution is -2.45. The van der Waals surface area contributed by atoms with Gasteiger partial charge in [0.15, 0.2) is 0 Å². The molecule has 1 rings (SSSR count). The minimum absolute atomic E-state index is 0.309. The van der Waals surface area contributed by atoms with E-state index < -0.39 is 5.54 Å². The van der Waals surface area contributed by atoms with Gasteiger partial charge in [0.1, 0.15) is 5.54 Å². The van der Waals surface area contributed by atoms with E-state index in [9.17, 15) is 4.79 Å². The summed E-state index contributed by atoms with van der Waals surface area (Å²) in [5.41, 5.74) is 5.11. The first-order valence-corrected chi connectivity index (χ1v) is 7.59. The predicted octanol–water partition coefficient (Wildman–Crippen LogP) is 2.17. The fourth-order valence-corrected chi connectivity index (χ4v) is 2.92. The number of rotatable bonds is 8. The molecular formula is C15H30N2O2. The Hall–Kier alpha value is -0.610. The quantitative estimate of drug-likeness (QED) is 0.542. The molecule has 0 aliphatic carbocycles. The van der Waals surface area contributed by atoms with Crippen molar-refractivity contribution < 1.29 is 9.53 Å². The van der Waals surface area contributed by atoms with Crippen LogP contribution in [-0.4, -0.2) is 43.2 Å². The number of hydrogen-bond donors (Lipinski definition) is 1. The summed E-state index contributed by atoms with van der Waals surface area (Å²) in [4.78, 5) is 14.0. The van der Waals surface area contributed by atoms with Crippen LogP contribution < -0.4 is 5.73 Å². The average Bonchev–Trinajstić information content (AvgIpc) is 2.82. The van der Waals surface area contributed by atoms with Gasteiger partial charge in [0.2, 0.25) is 0 Å². The molecule has 0 aromatic carbocycles. The minimum atomic E-state index is -0.829. The molecule has 1 aliphatic heterocycles. The van der Waals surface area contributed by atoms with E-state index in [0.29, 0.717) is 6.42 Å². The maximum absolute atomic E-state index is 11.4. The Kier molecular flexibility index (Phi) is 6.80. The van der Waals surface area contributed by atoms with Crippen LogP contribution in [0.1, 0.15) is 52.4 Å². The van der Waals surface area contributed by atoms with Crippen molar-refractivity contribution >= 4 is 5.97 Å². The Balaban J connectivity index is 2.13. The van der Waals surface area contributed by atoms with Gasteiger partial charge in [-0.25, -0.2) is 0 Å². The Morgan fingerprint density at radius 1 is 1.47 bits per heavy atom. The fraction of sp³-hybridized carbons (Fsp3) is 0.933. The van der Waals surface area contributed by atoms with E-state index in [1.165, 1.54) is 39.5 Å². The second-order valence-electron chi connectivity index (χ2n) is 6.11. The van der Waals surface area contributed by atoms with E-state index in [1.807, 2.05) is 0 Å². The Morgan fingerprint density at radius 2 is 2.21 bits per heavy atom. The van der Waals surface area contributed by atoms with Crippen molar-refractivity contribution in [2.24, 2.45) is 11.7 Å². The Labute approximate surface area is 117 Å². The number of likely N-dealkylation sites (tertiary alicyclic amines) is 1. The lowest BCUT2D eigenvalue weighted by Gasteiger charge is -2.22. The van der Waals surface area contributed by atoms with E-state index >= 15 is 0 Å². The molecule has 2 atom stereocenters. The molecule has 112 valence electrons. The molecule has 1 saturated heterocycles. The van der Waals surface area contributed by atoms with E-state index in [-0.39, 0.29) is 5.97 Å². The SMILES string of the molecule is CCCC1CCN(CCCCC(C)(N)C(=O)OC)C1. The van der Waals surface area contributed by atoms with Crippen molar-refractivity contribution in [1.82, 2.24) is 4.90 Å². The molecule has 4 heteroatoms. The molecule has 0 aromatic heterocycles. The molecule has 1 heterocycles. The highest BCUT2D eigenvalue weighted by atomic mass is 16.5. The van der Waals surface area contributed by atoms with Crippen molar-refractivity contribution in [2.45, 2.75) is 57.9 Å². The van der Waals surface area contributed by atoms with E-state index in [0.717, 1.165) is 25.3 Å². The van der Waals surface area contributed by atoms with Crippen LogP contribution in [0.4, 0.5) is 0 Å². The number of methoxy groups -OCH3 is 1. The summed E-state index contributed by atoms with van der Waals surface area (Å²) < 4.78 is 4.71. The van der Waals surface area contributed by atoms with Gasteiger partial charge in [-0.05, 0) is 58.0 Å². The third-order valence-corrected chi connectivity index (χ3v) is 4.14. The third kappa shape index (κ3) is 5.49. The summed E-state index contributed by atoms with van der Waals surface area (Å²) in [7, 11) is 1.39. The van der Waals surface area contributed by atoms with Crippen LogP contribution in [0, 0.1) is 5.92 Å². The number of carbonyl (C=O) groups is 1. The normalized spacial score (nSPS) is 23.3. The second kappa shape index (κ2) is 7.85. The Morgan fingerprint density at radius 3 is 2.84 bits per heavy atom. The maximum Gasteiger partial charge on any atom is 0.325 e. The van der Waals surface area contributed by atoms with Crippen LogP contribution in [0.5, 0.6) is 0 Å². The van der Waals surface area contributed by atoms with Crippen LogP contribution in [0.15, 0.2) is 0 Å². The smallest absolute Gasteiger partial charge is 0.325 e. The van der Waals surface area contributed by atoms with Crippen LogP contribution in [0.3, 0.4) is 0 Å². The van der Waals surface area contributed by atoms with Gasteiger partial charge in [0.05, 0.1) is 7.11 Å². The molecule has 0 bridgehead atoms. The number of nitrogens with two attached hydrogens (primary N) is 1. The molecule has 2 N–H and O–H groups in total. The molecule has 2 unspecified atom stereocenters. The zero-order chi connectivity index (χ0) is 14.3. The standard InChI is InChI=1S/C15H30N2O2/c1-4-7-13-8-11-17(12-13)10-6-5-9-15(2,16)14(18)19-3/h13H,4-12,16H2,1-3H3. The van der Waals surface area contributed by atoms with E-state index in [4.69, 9.17) is 10.5 Å². The number of carbonyl (C=O) groups excluding carboxylic acids is 1. The third-order valence-electron chi connectivity index (χ3n) is 4.14. The summed E-state index contributed by atoms with van der Waals surface area (Å²) >= 11 is 0. The molecule has 19 heavy (non-hydrogen) atoms. The summed E-state index contributed by atoms with van der Waals surface area (Å²) in [6.45, 7) is 7.65. The minimum Gasteiger partial charge on any atom is -0.468 e. The van der Waals surface area contributed by atoms with Crippen LogP contribution >= 0.6 is 0 Å². The van der Waals surface area contributed by atoms with E-state index in [1.54, 1.807) is 6.92 Å². The molecule has 0 radical (unpaired) electrons. The largest absolute Gasteiger partial charge is 0.468 e. The summed E-state index contributed by atoms with van der Waals surface area (Å²) in [5, 5.41) is 0. The Bertz CT molecular complexity index is 279. The van der Waals surface area contributed by atoms with Crippen molar-refractivity contribution in [2.75, 3.05) is 26.7 Å². The van der Waals surface area contributed by atoms with Gasteiger partial charge in [-0.15, -0.1) is 0 Å². The van der Waals surface area contributed by atoms with Gasteiger partial charge in [-0.2, -0.15) is 0 Å². The first kappa shape index (κ1) is 16.4. The van der Waals surface area contributed by atoms with Crippen molar-refractivity contribution in [3.05, 3.63) is 0 Å². The van der Waals surface area contributed by atoms with Crippen LogP contribution in [0.2, 0.25) is 0 Å². The first-order valence-electron chi connectivity index (χ1n) is 7.59. The molecule has 1 fully saturated rings. The zero-order valence-corrected chi connectivity index (χ0v) is 12.8. The molecule has 0 spiro atoms. The summed E-state index contributed by atoms with van der Waals surface area (Å²) in [6, 6.07) is 0. The molecule has 1 aliphatic rings. The number of ether oxygens (including phenoxy) is 1. The second-order valence-corrected chi connectivity index (χ2v) is 6.11. The summed E-state index contributed by atoms with van der Waals surface area (Å²) in [6.07, 6.45) is 6.80. The molecule has 0 amide bonds. The number of hydrogen-bond acceptors (Lipinski definition) is 4. The first-order chi connectivity index (χ1) is 8.99.